The molecule has 0 saturated carbocycles. The Balaban J connectivity index is 1.85. The van der Waals surface area contributed by atoms with Crippen molar-refractivity contribution >= 4 is 28.6 Å². The molecule has 1 N–H and O–H groups in total. The third-order valence-electron chi connectivity index (χ3n) is 2.16. The number of carbonyl (C=O) groups is 1. The van der Waals surface area contributed by atoms with Gasteiger partial charge in [-0.1, -0.05) is 0 Å². The molecule has 90 valence electrons. The van der Waals surface area contributed by atoms with Crippen LogP contribution < -0.4 is 10.1 Å². The molecule has 0 bridgehead atoms. The average molecular weight is 268 g/mol. The summed E-state index contributed by atoms with van der Waals surface area (Å²) in [6, 6.07) is 1.79. The zero-order valence-electron chi connectivity index (χ0n) is 9.30. The standard InChI is InChI=1S/C11H12N2O2S2/c1-15-8-3-6-17-10(8)11(14)13-4-2-9-12-5-7-16-9/h3,5-7H,2,4H2,1H3,(H,13,14). The number of methoxy groups -OCH3 is 1. The number of hydrogen-bond donors (Lipinski definition) is 1. The first-order chi connectivity index (χ1) is 8.31. The van der Waals surface area contributed by atoms with Crippen molar-refractivity contribution in [3.8, 4) is 5.75 Å². The normalized spacial score (nSPS) is 10.2. The van der Waals surface area contributed by atoms with Crippen LogP contribution in [0.5, 0.6) is 5.75 Å². The quantitative estimate of drug-likeness (QED) is 0.904. The summed E-state index contributed by atoms with van der Waals surface area (Å²) in [6.07, 6.45) is 2.53. The molecule has 6 heteroatoms. The van der Waals surface area contributed by atoms with Gasteiger partial charge in [-0.2, -0.15) is 0 Å². The molecule has 0 aliphatic heterocycles. The maximum Gasteiger partial charge on any atom is 0.265 e. The van der Waals surface area contributed by atoms with Crippen LogP contribution in [0.3, 0.4) is 0 Å². The summed E-state index contributed by atoms with van der Waals surface area (Å²) in [5.41, 5.74) is 0. The minimum absolute atomic E-state index is 0.0894. The molecule has 2 aromatic rings. The Morgan fingerprint density at radius 2 is 2.35 bits per heavy atom. The van der Waals surface area contributed by atoms with E-state index < -0.39 is 0 Å². The van der Waals surface area contributed by atoms with Crippen LogP contribution in [0.15, 0.2) is 23.0 Å². The highest BCUT2D eigenvalue weighted by Gasteiger charge is 2.13. The van der Waals surface area contributed by atoms with Gasteiger partial charge >= 0.3 is 0 Å². The molecule has 4 nitrogen and oxygen atoms in total. The number of thiophene rings is 1. The highest BCUT2D eigenvalue weighted by Crippen LogP contribution is 2.23. The lowest BCUT2D eigenvalue weighted by Crippen LogP contribution is -2.25. The second-order valence-electron chi connectivity index (χ2n) is 3.25. The molecule has 17 heavy (non-hydrogen) atoms. The van der Waals surface area contributed by atoms with Gasteiger partial charge < -0.3 is 10.1 Å². The molecule has 2 aromatic heterocycles. The van der Waals surface area contributed by atoms with Crippen molar-refractivity contribution in [2.75, 3.05) is 13.7 Å². The zero-order valence-corrected chi connectivity index (χ0v) is 10.9. The number of nitrogens with one attached hydrogen (secondary N) is 1. The van der Waals surface area contributed by atoms with E-state index in [1.165, 1.54) is 11.3 Å². The summed E-state index contributed by atoms with van der Waals surface area (Å²) in [4.78, 5) is 16.6. The Labute approximate surface area is 107 Å². The number of aromatic nitrogens is 1. The van der Waals surface area contributed by atoms with Gasteiger partial charge in [0, 0.05) is 24.5 Å². The van der Waals surface area contributed by atoms with Gasteiger partial charge in [0.1, 0.15) is 10.6 Å². The number of thiazole rings is 1. The molecule has 0 aliphatic carbocycles. The van der Waals surface area contributed by atoms with E-state index in [1.54, 1.807) is 30.7 Å². The van der Waals surface area contributed by atoms with Crippen LogP contribution in [0.2, 0.25) is 0 Å². The number of ether oxygens (including phenoxy) is 1. The summed E-state index contributed by atoms with van der Waals surface area (Å²) >= 11 is 2.98. The van der Waals surface area contributed by atoms with Gasteiger partial charge in [-0.25, -0.2) is 4.98 Å². The van der Waals surface area contributed by atoms with Crippen molar-refractivity contribution in [3.05, 3.63) is 32.9 Å². The fourth-order valence-electron chi connectivity index (χ4n) is 1.36. The predicted molar refractivity (Wildman–Crippen MR) is 69.0 cm³/mol. The Morgan fingerprint density at radius 3 is 3.06 bits per heavy atom. The molecule has 0 fully saturated rings. The van der Waals surface area contributed by atoms with E-state index in [-0.39, 0.29) is 5.91 Å². The minimum Gasteiger partial charge on any atom is -0.495 e. The third kappa shape index (κ3) is 3.04. The largest absolute Gasteiger partial charge is 0.495 e. The molecule has 0 aliphatic rings. The number of amides is 1. The molecule has 2 rings (SSSR count). The topological polar surface area (TPSA) is 51.2 Å². The molecule has 2 heterocycles. The van der Waals surface area contributed by atoms with Crippen LogP contribution in [0, 0.1) is 0 Å². The minimum atomic E-state index is -0.0894. The van der Waals surface area contributed by atoms with Crippen LogP contribution in [0.1, 0.15) is 14.7 Å². The second kappa shape index (κ2) is 5.79. The van der Waals surface area contributed by atoms with Crippen LogP contribution in [0.25, 0.3) is 0 Å². The maximum absolute atomic E-state index is 11.8. The summed E-state index contributed by atoms with van der Waals surface area (Å²) in [6.45, 7) is 0.591. The summed E-state index contributed by atoms with van der Waals surface area (Å²) in [5.74, 6) is 0.537. The fourth-order valence-corrected chi connectivity index (χ4v) is 2.76. The second-order valence-corrected chi connectivity index (χ2v) is 5.15. The number of carbonyl (C=O) groups excluding carboxylic acids is 1. The Kier molecular flexibility index (Phi) is 4.11. The summed E-state index contributed by atoms with van der Waals surface area (Å²) in [5, 5.41) is 7.66. The number of rotatable bonds is 5. The molecule has 1 amide bonds. The van der Waals surface area contributed by atoms with Gasteiger partial charge in [0.15, 0.2) is 0 Å². The van der Waals surface area contributed by atoms with Crippen molar-refractivity contribution in [2.24, 2.45) is 0 Å². The lowest BCUT2D eigenvalue weighted by Gasteiger charge is -2.04. The van der Waals surface area contributed by atoms with E-state index in [1.807, 2.05) is 10.8 Å². The summed E-state index contributed by atoms with van der Waals surface area (Å²) < 4.78 is 5.10. The summed E-state index contributed by atoms with van der Waals surface area (Å²) in [7, 11) is 1.56. The molecular formula is C11H12N2O2S2. The molecule has 0 atom stereocenters. The number of nitrogens with zero attached hydrogens (tertiary/aromatic N) is 1. The SMILES string of the molecule is COc1ccsc1C(=O)NCCc1nccs1. The first kappa shape index (κ1) is 12.1. The molecule has 0 aromatic carbocycles. The highest BCUT2D eigenvalue weighted by molar-refractivity contribution is 7.12. The van der Waals surface area contributed by atoms with Gasteiger partial charge in [0.05, 0.1) is 12.1 Å². The van der Waals surface area contributed by atoms with Crippen molar-refractivity contribution < 1.29 is 9.53 Å². The van der Waals surface area contributed by atoms with Gasteiger partial charge in [-0.15, -0.1) is 22.7 Å². The van der Waals surface area contributed by atoms with Gasteiger partial charge in [0.25, 0.3) is 5.91 Å². The lowest BCUT2D eigenvalue weighted by atomic mass is 10.4. The molecule has 0 radical (unpaired) electrons. The van der Waals surface area contributed by atoms with Crippen molar-refractivity contribution in [1.82, 2.24) is 10.3 Å². The lowest BCUT2D eigenvalue weighted by molar-refractivity contribution is 0.0955. The van der Waals surface area contributed by atoms with E-state index in [0.29, 0.717) is 17.2 Å². The van der Waals surface area contributed by atoms with E-state index in [9.17, 15) is 4.79 Å². The van der Waals surface area contributed by atoms with Gasteiger partial charge in [0.2, 0.25) is 0 Å². The van der Waals surface area contributed by atoms with Crippen molar-refractivity contribution in [3.63, 3.8) is 0 Å². The van der Waals surface area contributed by atoms with E-state index in [0.717, 1.165) is 11.4 Å². The van der Waals surface area contributed by atoms with E-state index >= 15 is 0 Å². The first-order valence-corrected chi connectivity index (χ1v) is 6.85. The molecule has 0 spiro atoms. The molecule has 0 unspecified atom stereocenters. The average Bonchev–Trinajstić information content (AvgIpc) is 2.99. The molecular weight excluding hydrogens is 256 g/mol. The fraction of sp³-hybridized carbons (Fsp3) is 0.273. The molecule has 0 saturated heterocycles. The number of hydrogen-bond acceptors (Lipinski definition) is 5. The van der Waals surface area contributed by atoms with Crippen molar-refractivity contribution in [1.29, 1.82) is 0 Å². The predicted octanol–water partition coefficient (Wildman–Crippen LogP) is 2.19. The monoisotopic (exact) mass is 268 g/mol. The first-order valence-electron chi connectivity index (χ1n) is 5.09. The Hall–Kier alpha value is -1.40. The third-order valence-corrected chi connectivity index (χ3v) is 3.90. The maximum atomic E-state index is 11.8. The van der Waals surface area contributed by atoms with Crippen molar-refractivity contribution in [2.45, 2.75) is 6.42 Å². The van der Waals surface area contributed by atoms with Crippen LogP contribution in [-0.2, 0) is 6.42 Å². The van der Waals surface area contributed by atoms with Crippen LogP contribution >= 0.6 is 22.7 Å². The Bertz CT molecular complexity index is 479. The van der Waals surface area contributed by atoms with E-state index in [2.05, 4.69) is 10.3 Å². The van der Waals surface area contributed by atoms with Crippen LogP contribution in [0.4, 0.5) is 0 Å². The van der Waals surface area contributed by atoms with Gasteiger partial charge in [-0.05, 0) is 11.4 Å². The highest BCUT2D eigenvalue weighted by atomic mass is 32.1. The van der Waals surface area contributed by atoms with Crippen LogP contribution in [-0.4, -0.2) is 24.5 Å². The van der Waals surface area contributed by atoms with Gasteiger partial charge in [-0.3, -0.25) is 4.79 Å². The Morgan fingerprint density at radius 1 is 1.47 bits per heavy atom. The smallest absolute Gasteiger partial charge is 0.265 e. The van der Waals surface area contributed by atoms with E-state index in [4.69, 9.17) is 4.74 Å². The zero-order chi connectivity index (χ0) is 12.1.